The molecule has 5 nitrogen and oxygen atoms in total. The van der Waals surface area contributed by atoms with Gasteiger partial charge >= 0.3 is 0 Å². The van der Waals surface area contributed by atoms with Crippen molar-refractivity contribution in [3.05, 3.63) is 60.0 Å². The molecule has 20 heavy (non-hydrogen) atoms. The quantitative estimate of drug-likeness (QED) is 0.526. The molecule has 0 bridgehead atoms. The Hall–Kier alpha value is -3.07. The molecule has 1 aromatic carbocycles. The van der Waals surface area contributed by atoms with Crippen LogP contribution in [-0.4, -0.2) is 15.1 Å². The molecule has 0 radical (unpaired) electrons. The highest BCUT2D eigenvalue weighted by Gasteiger charge is 2.11. The van der Waals surface area contributed by atoms with Gasteiger partial charge in [-0.3, -0.25) is 0 Å². The lowest BCUT2D eigenvalue weighted by molar-refractivity contribution is 0.432. The summed E-state index contributed by atoms with van der Waals surface area (Å²) in [6.07, 6.45) is 1.32. The zero-order valence-corrected chi connectivity index (χ0v) is 10.1. The molecule has 0 N–H and O–H groups in total. The van der Waals surface area contributed by atoms with E-state index in [2.05, 4.69) is 20.0 Å². The first kappa shape index (κ1) is 12.0. The second kappa shape index (κ2) is 4.90. The van der Waals surface area contributed by atoms with Crippen LogP contribution in [0.5, 0.6) is 0 Å². The molecule has 0 saturated carbocycles. The first-order chi connectivity index (χ1) is 9.76. The Labute approximate surface area is 113 Å². The molecule has 0 saturated heterocycles. The van der Waals surface area contributed by atoms with Crippen LogP contribution in [-0.2, 0) is 0 Å². The molecule has 0 fully saturated rings. The Bertz CT molecular complexity index is 789. The second-order valence-corrected chi connectivity index (χ2v) is 3.95. The van der Waals surface area contributed by atoms with Crippen LogP contribution in [0, 0.1) is 12.5 Å². The van der Waals surface area contributed by atoms with E-state index < -0.39 is 5.95 Å². The predicted molar refractivity (Wildman–Crippen MR) is 69.2 cm³/mol. The Kier molecular flexibility index (Phi) is 2.94. The van der Waals surface area contributed by atoms with E-state index in [1.54, 1.807) is 24.3 Å². The smallest absolute Gasteiger partial charge is 0.259 e. The Morgan fingerprint density at radius 1 is 1.15 bits per heavy atom. The minimum absolute atomic E-state index is 0.251. The molecule has 0 aliphatic carbocycles. The monoisotopic (exact) mass is 266 g/mol. The van der Waals surface area contributed by atoms with Crippen LogP contribution in [0.2, 0.25) is 0 Å². The summed E-state index contributed by atoms with van der Waals surface area (Å²) >= 11 is 0. The van der Waals surface area contributed by atoms with Gasteiger partial charge in [-0.25, -0.2) is 9.83 Å². The number of rotatable bonds is 2. The molecule has 0 spiro atoms. The van der Waals surface area contributed by atoms with Crippen LogP contribution in [0.25, 0.3) is 27.7 Å². The third kappa shape index (κ3) is 2.24. The summed E-state index contributed by atoms with van der Waals surface area (Å²) in [5.41, 5.74) is 1.72. The summed E-state index contributed by atoms with van der Waals surface area (Å²) in [6, 6.07) is 9.63. The predicted octanol–water partition coefficient (Wildman–Crippen LogP) is 3.49. The van der Waals surface area contributed by atoms with Gasteiger partial charge in [0.2, 0.25) is 11.8 Å². The van der Waals surface area contributed by atoms with Crippen LogP contribution in [0.15, 0.2) is 47.1 Å². The first-order valence-electron chi connectivity index (χ1n) is 5.70. The van der Waals surface area contributed by atoms with Gasteiger partial charge in [0.05, 0.1) is 12.1 Å². The molecule has 3 rings (SSSR count). The van der Waals surface area contributed by atoms with Crippen molar-refractivity contribution < 1.29 is 8.91 Å². The summed E-state index contributed by atoms with van der Waals surface area (Å²) < 4.78 is 17.9. The third-order valence-electron chi connectivity index (χ3n) is 2.63. The van der Waals surface area contributed by atoms with Crippen molar-refractivity contribution in [1.82, 2.24) is 15.1 Å². The molecule has 0 amide bonds. The summed E-state index contributed by atoms with van der Waals surface area (Å²) in [6.45, 7) is 6.98. The summed E-state index contributed by atoms with van der Waals surface area (Å²) in [5.74, 6) is 0.0498. The fraction of sp³-hybridized carbons (Fsp3) is 0. The maximum atomic E-state index is 12.8. The SMILES string of the molecule is [C-]#[N+]c1cccc(-c2noc(-c3ccc(F)nc3)n2)c1. The van der Waals surface area contributed by atoms with Crippen molar-refractivity contribution in [2.24, 2.45) is 0 Å². The van der Waals surface area contributed by atoms with E-state index in [0.29, 0.717) is 22.6 Å². The van der Waals surface area contributed by atoms with Crippen LogP contribution in [0.4, 0.5) is 10.1 Å². The molecule has 0 unspecified atom stereocenters. The molecule has 2 aromatic heterocycles. The van der Waals surface area contributed by atoms with Gasteiger partial charge in [-0.1, -0.05) is 23.4 Å². The van der Waals surface area contributed by atoms with Gasteiger partial charge < -0.3 is 4.52 Å². The zero-order valence-electron chi connectivity index (χ0n) is 10.1. The topological polar surface area (TPSA) is 56.2 Å². The van der Waals surface area contributed by atoms with Crippen molar-refractivity contribution in [2.45, 2.75) is 0 Å². The van der Waals surface area contributed by atoms with Crippen LogP contribution < -0.4 is 0 Å². The van der Waals surface area contributed by atoms with Crippen molar-refractivity contribution in [3.63, 3.8) is 0 Å². The number of benzene rings is 1. The van der Waals surface area contributed by atoms with Crippen molar-refractivity contribution in [1.29, 1.82) is 0 Å². The number of hydrogen-bond acceptors (Lipinski definition) is 4. The number of nitrogens with zero attached hydrogens (tertiary/aromatic N) is 4. The lowest BCUT2D eigenvalue weighted by Gasteiger charge is -1.94. The number of hydrogen-bond donors (Lipinski definition) is 0. The van der Waals surface area contributed by atoms with Gasteiger partial charge in [-0.05, 0) is 18.2 Å². The molecule has 0 atom stereocenters. The Morgan fingerprint density at radius 3 is 2.80 bits per heavy atom. The van der Waals surface area contributed by atoms with E-state index in [0.717, 1.165) is 0 Å². The van der Waals surface area contributed by atoms with Gasteiger partial charge in [-0.15, -0.1) is 0 Å². The molecular formula is C14H7FN4O. The molecule has 6 heteroatoms. The van der Waals surface area contributed by atoms with Gasteiger partial charge in [0.1, 0.15) is 0 Å². The number of pyridine rings is 1. The highest BCUT2D eigenvalue weighted by atomic mass is 19.1. The van der Waals surface area contributed by atoms with Crippen LogP contribution in [0.1, 0.15) is 0 Å². The minimum Gasteiger partial charge on any atom is -0.334 e. The maximum absolute atomic E-state index is 12.8. The van der Waals surface area contributed by atoms with Gasteiger partial charge in [0.15, 0.2) is 5.69 Å². The van der Waals surface area contributed by atoms with Gasteiger partial charge in [0, 0.05) is 11.8 Å². The summed E-state index contributed by atoms with van der Waals surface area (Å²) in [7, 11) is 0. The highest BCUT2D eigenvalue weighted by molar-refractivity contribution is 5.64. The Morgan fingerprint density at radius 2 is 2.05 bits per heavy atom. The van der Waals surface area contributed by atoms with Crippen LogP contribution in [0.3, 0.4) is 0 Å². The van der Waals surface area contributed by atoms with E-state index in [-0.39, 0.29) is 5.89 Å². The van der Waals surface area contributed by atoms with E-state index in [4.69, 9.17) is 11.1 Å². The number of halogens is 1. The fourth-order valence-electron chi connectivity index (χ4n) is 1.67. The third-order valence-corrected chi connectivity index (χ3v) is 2.63. The van der Waals surface area contributed by atoms with Crippen molar-refractivity contribution >= 4 is 5.69 Å². The molecule has 0 aliphatic rings. The first-order valence-corrected chi connectivity index (χ1v) is 5.70. The van der Waals surface area contributed by atoms with E-state index in [1.165, 1.54) is 18.3 Å². The van der Waals surface area contributed by atoms with Crippen molar-refractivity contribution in [2.75, 3.05) is 0 Å². The van der Waals surface area contributed by atoms with Crippen molar-refractivity contribution in [3.8, 4) is 22.8 Å². The lowest BCUT2D eigenvalue weighted by Crippen LogP contribution is -1.84. The van der Waals surface area contributed by atoms with E-state index >= 15 is 0 Å². The average molecular weight is 266 g/mol. The lowest BCUT2D eigenvalue weighted by atomic mass is 10.2. The summed E-state index contributed by atoms with van der Waals surface area (Å²) in [4.78, 5) is 11.1. The molecule has 96 valence electrons. The molecular weight excluding hydrogens is 259 g/mol. The Balaban J connectivity index is 1.97. The minimum atomic E-state index is -0.571. The van der Waals surface area contributed by atoms with Gasteiger partial charge in [0.25, 0.3) is 5.89 Å². The standard InChI is InChI=1S/C14H7FN4O/c1-16-11-4-2-3-9(7-11)13-18-14(20-19-13)10-5-6-12(15)17-8-10/h2-8H. The summed E-state index contributed by atoms with van der Waals surface area (Å²) in [5, 5.41) is 3.85. The number of aromatic nitrogens is 3. The van der Waals surface area contributed by atoms with E-state index in [1.807, 2.05) is 0 Å². The maximum Gasteiger partial charge on any atom is 0.259 e. The molecule has 3 aromatic rings. The normalized spacial score (nSPS) is 10.2. The fourth-order valence-corrected chi connectivity index (χ4v) is 1.67. The molecule has 2 heterocycles. The average Bonchev–Trinajstić information content (AvgIpc) is 2.98. The zero-order chi connectivity index (χ0) is 13.9. The largest absolute Gasteiger partial charge is 0.334 e. The second-order valence-electron chi connectivity index (χ2n) is 3.95. The highest BCUT2D eigenvalue weighted by Crippen LogP contribution is 2.24. The molecule has 0 aliphatic heterocycles. The van der Waals surface area contributed by atoms with Gasteiger partial charge in [-0.2, -0.15) is 9.37 Å². The van der Waals surface area contributed by atoms with Crippen LogP contribution >= 0.6 is 0 Å². The van der Waals surface area contributed by atoms with E-state index in [9.17, 15) is 4.39 Å².